The van der Waals surface area contributed by atoms with Gasteiger partial charge in [-0.15, -0.1) is 11.3 Å². The van der Waals surface area contributed by atoms with Gasteiger partial charge in [0.15, 0.2) is 0 Å². The molecule has 0 aliphatic carbocycles. The molecule has 2 heterocycles. The summed E-state index contributed by atoms with van der Waals surface area (Å²) in [5.41, 5.74) is 0.297. The first-order valence-electron chi connectivity index (χ1n) is 9.94. The van der Waals surface area contributed by atoms with Gasteiger partial charge in [-0.2, -0.15) is 0 Å². The molecule has 1 fully saturated rings. The van der Waals surface area contributed by atoms with E-state index in [1.807, 2.05) is 12.1 Å². The number of rotatable bonds is 6. The number of carbonyl (C=O) groups excluding carboxylic acids is 1. The first-order chi connectivity index (χ1) is 14.2. The smallest absolute Gasteiger partial charge is 0.490 e. The van der Waals surface area contributed by atoms with E-state index in [-0.39, 0.29) is 24.9 Å². The summed E-state index contributed by atoms with van der Waals surface area (Å²) in [6, 6.07) is 12.4. The lowest BCUT2D eigenvalue weighted by atomic mass is 9.79. The third-order valence-electron chi connectivity index (χ3n) is 5.76. The van der Waals surface area contributed by atoms with Crippen molar-refractivity contribution >= 4 is 50.1 Å². The molecule has 0 spiro atoms. The number of esters is 1. The van der Waals surface area contributed by atoms with E-state index in [2.05, 4.69) is 58.5 Å². The average molecular weight is 424 g/mol. The fourth-order valence-corrected chi connectivity index (χ4v) is 4.53. The Morgan fingerprint density at radius 2 is 1.67 bits per heavy atom. The van der Waals surface area contributed by atoms with Crippen LogP contribution in [-0.4, -0.2) is 37.5 Å². The Labute approximate surface area is 180 Å². The van der Waals surface area contributed by atoms with Crippen molar-refractivity contribution in [1.29, 1.82) is 0 Å². The van der Waals surface area contributed by atoms with Crippen molar-refractivity contribution in [3.05, 3.63) is 49.1 Å². The third kappa shape index (κ3) is 3.85. The molecule has 0 atom stereocenters. The normalized spacial score (nSPS) is 17.4. The van der Waals surface area contributed by atoms with Gasteiger partial charge in [0, 0.05) is 26.2 Å². The minimum Gasteiger partial charge on any atom is -0.490 e. The zero-order valence-electron chi connectivity index (χ0n) is 17.7. The zero-order valence-corrected chi connectivity index (χ0v) is 18.5. The molecular formula is C23H25BO5S. The molecule has 3 aromatic rings. The van der Waals surface area contributed by atoms with Gasteiger partial charge in [-0.3, -0.25) is 0 Å². The van der Waals surface area contributed by atoms with E-state index in [9.17, 15) is 4.79 Å². The maximum absolute atomic E-state index is 11.1. The summed E-state index contributed by atoms with van der Waals surface area (Å²) in [6.45, 7) is 12.1. The summed E-state index contributed by atoms with van der Waals surface area (Å²) in [7, 11) is -0.373. The van der Waals surface area contributed by atoms with Crippen LogP contribution in [0.4, 0.5) is 0 Å². The predicted octanol–water partition coefficient (Wildman–Crippen LogP) is 4.46. The standard InChI is InChI=1S/C23H25BO5S/c1-6-21(25)27-12-11-26-16-8-10-18-17-9-7-15(13-19(17)30-20(18)14-16)24-28-22(2,3)23(4,5)29-24/h6-10,13-14H,1,11-12H2,2-5H3. The van der Waals surface area contributed by atoms with E-state index in [1.165, 1.54) is 15.5 Å². The van der Waals surface area contributed by atoms with Crippen molar-refractivity contribution in [2.75, 3.05) is 13.2 Å². The Kier molecular flexibility index (Phi) is 5.38. The van der Waals surface area contributed by atoms with Crippen LogP contribution in [0.2, 0.25) is 0 Å². The van der Waals surface area contributed by atoms with Crippen LogP contribution in [0.1, 0.15) is 27.7 Å². The van der Waals surface area contributed by atoms with Gasteiger partial charge in [0.25, 0.3) is 0 Å². The number of hydrogen-bond donors (Lipinski definition) is 0. The van der Waals surface area contributed by atoms with Crippen molar-refractivity contribution in [2.24, 2.45) is 0 Å². The van der Waals surface area contributed by atoms with Crippen LogP contribution in [0.15, 0.2) is 49.1 Å². The van der Waals surface area contributed by atoms with Crippen molar-refractivity contribution < 1.29 is 23.6 Å². The maximum atomic E-state index is 11.1. The summed E-state index contributed by atoms with van der Waals surface area (Å²) in [5, 5.41) is 2.38. The number of fused-ring (bicyclic) bond motifs is 3. The molecule has 5 nitrogen and oxygen atoms in total. The van der Waals surface area contributed by atoms with E-state index >= 15 is 0 Å². The lowest BCUT2D eigenvalue weighted by molar-refractivity contribution is -0.138. The molecule has 0 unspecified atom stereocenters. The molecule has 0 N–H and O–H groups in total. The summed E-state index contributed by atoms with van der Waals surface area (Å²) >= 11 is 1.71. The molecule has 0 radical (unpaired) electrons. The summed E-state index contributed by atoms with van der Waals surface area (Å²) < 4.78 is 25.3. The SMILES string of the molecule is C=CC(=O)OCCOc1ccc2c(c1)sc1cc(B3OC(C)(C)C(C)(C)O3)ccc12. The van der Waals surface area contributed by atoms with Crippen LogP contribution in [0.25, 0.3) is 20.2 Å². The summed E-state index contributed by atoms with van der Waals surface area (Å²) in [6.07, 6.45) is 1.14. The van der Waals surface area contributed by atoms with Crippen molar-refractivity contribution in [2.45, 2.75) is 38.9 Å². The van der Waals surface area contributed by atoms with Gasteiger partial charge in [-0.25, -0.2) is 4.79 Å². The van der Waals surface area contributed by atoms with Crippen molar-refractivity contribution in [1.82, 2.24) is 0 Å². The van der Waals surface area contributed by atoms with E-state index in [4.69, 9.17) is 18.8 Å². The molecule has 0 bridgehead atoms. The lowest BCUT2D eigenvalue weighted by Gasteiger charge is -2.32. The molecule has 1 aliphatic rings. The number of benzene rings is 2. The molecule has 1 aliphatic heterocycles. The third-order valence-corrected chi connectivity index (χ3v) is 6.87. The second-order valence-electron chi connectivity index (χ2n) is 8.32. The van der Waals surface area contributed by atoms with Crippen LogP contribution in [0, 0.1) is 0 Å². The highest BCUT2D eigenvalue weighted by molar-refractivity contribution is 7.25. The molecular weight excluding hydrogens is 399 g/mol. The molecule has 1 saturated heterocycles. The first-order valence-corrected chi connectivity index (χ1v) is 10.8. The highest BCUT2D eigenvalue weighted by Gasteiger charge is 2.51. The molecule has 30 heavy (non-hydrogen) atoms. The quantitative estimate of drug-likeness (QED) is 0.253. The van der Waals surface area contributed by atoms with Crippen LogP contribution in [0.3, 0.4) is 0 Å². The highest BCUT2D eigenvalue weighted by atomic mass is 32.1. The number of hydrogen-bond acceptors (Lipinski definition) is 6. The van der Waals surface area contributed by atoms with Crippen LogP contribution in [-0.2, 0) is 18.8 Å². The Hall–Kier alpha value is -2.35. The predicted molar refractivity (Wildman–Crippen MR) is 122 cm³/mol. The fraction of sp³-hybridized carbons (Fsp3) is 0.348. The Balaban J connectivity index is 1.54. The van der Waals surface area contributed by atoms with Crippen molar-refractivity contribution in [3.63, 3.8) is 0 Å². The molecule has 0 amide bonds. The molecule has 4 rings (SSSR count). The minimum atomic E-state index is -0.448. The summed E-state index contributed by atoms with van der Waals surface area (Å²) in [5.74, 6) is 0.297. The zero-order chi connectivity index (χ0) is 21.5. The highest BCUT2D eigenvalue weighted by Crippen LogP contribution is 2.38. The molecule has 2 aromatic carbocycles. The van der Waals surface area contributed by atoms with Gasteiger partial charge in [-0.1, -0.05) is 18.7 Å². The van der Waals surface area contributed by atoms with Crippen LogP contribution >= 0.6 is 11.3 Å². The monoisotopic (exact) mass is 424 g/mol. The second kappa shape index (κ2) is 7.73. The number of ether oxygens (including phenoxy) is 2. The van der Waals surface area contributed by atoms with Gasteiger partial charge in [0.2, 0.25) is 0 Å². The number of thiophene rings is 1. The van der Waals surface area contributed by atoms with Gasteiger partial charge in [-0.05, 0) is 57.4 Å². The lowest BCUT2D eigenvalue weighted by Crippen LogP contribution is -2.41. The molecule has 0 saturated carbocycles. The molecule has 156 valence electrons. The van der Waals surface area contributed by atoms with Gasteiger partial charge in [0.05, 0.1) is 11.2 Å². The van der Waals surface area contributed by atoms with Crippen molar-refractivity contribution in [3.8, 4) is 5.75 Å². The summed E-state index contributed by atoms with van der Waals surface area (Å²) in [4.78, 5) is 11.1. The van der Waals surface area contributed by atoms with Gasteiger partial charge < -0.3 is 18.8 Å². The molecule has 1 aromatic heterocycles. The van der Waals surface area contributed by atoms with E-state index < -0.39 is 5.97 Å². The first kappa shape index (κ1) is 20.9. The average Bonchev–Trinajstić information content (AvgIpc) is 3.17. The van der Waals surface area contributed by atoms with Crippen LogP contribution in [0.5, 0.6) is 5.75 Å². The minimum absolute atomic E-state index is 0.187. The Morgan fingerprint density at radius 1 is 1.03 bits per heavy atom. The fourth-order valence-electron chi connectivity index (χ4n) is 3.35. The van der Waals surface area contributed by atoms with Gasteiger partial charge >= 0.3 is 13.1 Å². The molecule has 7 heteroatoms. The topological polar surface area (TPSA) is 54.0 Å². The van der Waals surface area contributed by atoms with E-state index in [1.54, 1.807) is 11.3 Å². The van der Waals surface area contributed by atoms with Gasteiger partial charge in [0.1, 0.15) is 19.0 Å². The maximum Gasteiger partial charge on any atom is 0.494 e. The van der Waals surface area contributed by atoms with E-state index in [0.717, 1.165) is 22.0 Å². The van der Waals surface area contributed by atoms with E-state index in [0.29, 0.717) is 6.61 Å². The van der Waals surface area contributed by atoms with Crippen LogP contribution < -0.4 is 10.2 Å². The Morgan fingerprint density at radius 3 is 2.33 bits per heavy atom. The second-order valence-corrected chi connectivity index (χ2v) is 9.41. The largest absolute Gasteiger partial charge is 0.494 e. The Bertz CT molecular complexity index is 1100. The number of carbonyl (C=O) groups is 1.